The van der Waals surface area contributed by atoms with E-state index < -0.39 is 0 Å². The molecule has 0 fully saturated rings. The number of nitrogens with zero attached hydrogens (tertiary/aromatic N) is 3. The first kappa shape index (κ1) is 21.7. The molecule has 5 nitrogen and oxygen atoms in total. The van der Waals surface area contributed by atoms with Crippen molar-refractivity contribution in [3.05, 3.63) is 76.5 Å². The van der Waals surface area contributed by atoms with Crippen molar-refractivity contribution in [2.45, 2.75) is 24.3 Å². The van der Waals surface area contributed by atoms with Crippen molar-refractivity contribution in [3.8, 4) is 11.3 Å². The number of fused-ring (bicyclic) bond motifs is 5. The number of anilines is 1. The van der Waals surface area contributed by atoms with Crippen LogP contribution in [0.1, 0.15) is 17.5 Å². The maximum Gasteiger partial charge on any atom is 0.234 e. The first-order valence-corrected chi connectivity index (χ1v) is 13.6. The molecule has 8 heteroatoms. The molecule has 3 heterocycles. The van der Waals surface area contributed by atoms with E-state index in [4.69, 9.17) is 4.98 Å². The van der Waals surface area contributed by atoms with Crippen LogP contribution in [-0.4, -0.2) is 26.6 Å². The van der Waals surface area contributed by atoms with Gasteiger partial charge in [0.25, 0.3) is 0 Å². The van der Waals surface area contributed by atoms with E-state index in [1.807, 2.05) is 30.3 Å². The van der Waals surface area contributed by atoms with Crippen LogP contribution in [-0.2, 0) is 17.6 Å². The van der Waals surface area contributed by atoms with Crippen LogP contribution in [0.4, 0.5) is 5.69 Å². The molecule has 0 bridgehead atoms. The minimum atomic E-state index is -0.0643. The molecule has 1 amide bonds. The summed E-state index contributed by atoms with van der Waals surface area (Å²) in [7, 11) is 0. The summed E-state index contributed by atoms with van der Waals surface area (Å²) in [6, 6.07) is 18.0. The van der Waals surface area contributed by atoms with Gasteiger partial charge in [0.1, 0.15) is 16.2 Å². The smallest absolute Gasteiger partial charge is 0.234 e. The third-order valence-corrected chi connectivity index (χ3v) is 8.68. The molecule has 2 aromatic carbocycles. The summed E-state index contributed by atoms with van der Waals surface area (Å²) in [5.41, 5.74) is 6.69. The average molecular weight is 548 g/mol. The summed E-state index contributed by atoms with van der Waals surface area (Å²) in [5.74, 6) is 0.211. The zero-order valence-electron chi connectivity index (χ0n) is 18.0. The lowest BCUT2D eigenvalue weighted by atomic mass is 10.0. The Hall–Kier alpha value is -2.81. The normalized spacial score (nSPS) is 12.9. The molecule has 6 rings (SSSR count). The maximum absolute atomic E-state index is 12.5. The fourth-order valence-corrected chi connectivity index (χ4v) is 6.78. The van der Waals surface area contributed by atoms with Crippen LogP contribution in [0.3, 0.4) is 0 Å². The van der Waals surface area contributed by atoms with E-state index in [0.29, 0.717) is 0 Å². The molecule has 1 aliphatic rings. The SMILES string of the molecule is O=C(CSc1ncnc2c1sc1nc(-c3ccccc3)c3c(c12)CCC3)Nc1ccc(Br)cc1. The number of hydrogen-bond acceptors (Lipinski definition) is 6. The predicted molar refractivity (Wildman–Crippen MR) is 144 cm³/mol. The second kappa shape index (κ2) is 9.09. The van der Waals surface area contributed by atoms with E-state index in [0.717, 1.165) is 66.1 Å². The van der Waals surface area contributed by atoms with E-state index >= 15 is 0 Å². The molecule has 0 saturated heterocycles. The fourth-order valence-electron chi connectivity index (χ4n) is 4.48. The van der Waals surface area contributed by atoms with Crippen molar-refractivity contribution < 1.29 is 4.79 Å². The lowest BCUT2D eigenvalue weighted by Crippen LogP contribution is -2.14. The Morgan fingerprint density at radius 3 is 2.65 bits per heavy atom. The first-order chi connectivity index (χ1) is 16.7. The van der Waals surface area contributed by atoms with Crippen LogP contribution in [0.5, 0.6) is 0 Å². The first-order valence-electron chi connectivity index (χ1n) is 11.0. The van der Waals surface area contributed by atoms with Crippen LogP contribution in [0.25, 0.3) is 31.7 Å². The molecule has 0 radical (unpaired) electrons. The number of hydrogen-bond donors (Lipinski definition) is 1. The average Bonchev–Trinajstić information content (AvgIpc) is 3.49. The van der Waals surface area contributed by atoms with Gasteiger partial charge in [0.05, 0.1) is 21.7 Å². The van der Waals surface area contributed by atoms with Crippen LogP contribution >= 0.6 is 39.0 Å². The maximum atomic E-state index is 12.5. The second-order valence-electron chi connectivity index (χ2n) is 8.12. The van der Waals surface area contributed by atoms with E-state index in [1.165, 1.54) is 22.9 Å². The van der Waals surface area contributed by atoms with Gasteiger partial charge in [-0.3, -0.25) is 4.79 Å². The highest BCUT2D eigenvalue weighted by molar-refractivity contribution is 9.10. The number of pyridine rings is 1. The minimum absolute atomic E-state index is 0.0643. The summed E-state index contributed by atoms with van der Waals surface area (Å²) < 4.78 is 1.98. The number of carbonyl (C=O) groups excluding carboxylic acids is 1. The van der Waals surface area contributed by atoms with Gasteiger partial charge in [0.15, 0.2) is 0 Å². The van der Waals surface area contributed by atoms with Gasteiger partial charge in [-0.2, -0.15) is 0 Å². The molecule has 3 aromatic heterocycles. The molecule has 0 atom stereocenters. The molecule has 0 saturated carbocycles. The van der Waals surface area contributed by atoms with Crippen molar-refractivity contribution >= 4 is 71.1 Å². The van der Waals surface area contributed by atoms with Gasteiger partial charge >= 0.3 is 0 Å². The van der Waals surface area contributed by atoms with Crippen LogP contribution in [0.15, 0.2) is 70.4 Å². The number of amides is 1. The molecule has 0 aliphatic heterocycles. The standard InChI is InChI=1S/C26H19BrN4OS2/c27-16-9-11-17(12-10-16)30-20(32)13-33-26-24-23(28-14-29-26)21-18-7-4-8-19(18)22(31-25(21)34-24)15-5-2-1-3-6-15/h1-3,5-6,9-12,14H,4,7-8,13H2,(H,30,32). The summed E-state index contributed by atoms with van der Waals surface area (Å²) in [5, 5.41) is 4.93. The Morgan fingerprint density at radius 2 is 1.82 bits per heavy atom. The minimum Gasteiger partial charge on any atom is -0.325 e. The third-order valence-electron chi connectivity index (χ3n) is 5.95. The highest BCUT2D eigenvalue weighted by Gasteiger charge is 2.25. The molecule has 1 N–H and O–H groups in total. The van der Waals surface area contributed by atoms with Gasteiger partial charge in [0.2, 0.25) is 5.91 Å². The highest BCUT2D eigenvalue weighted by Crippen LogP contribution is 2.43. The Morgan fingerprint density at radius 1 is 1.03 bits per heavy atom. The number of thiophene rings is 1. The number of carbonyl (C=O) groups is 1. The molecule has 0 spiro atoms. The number of thioether (sulfide) groups is 1. The third kappa shape index (κ3) is 4.00. The van der Waals surface area contributed by atoms with E-state index in [9.17, 15) is 4.79 Å². The number of benzene rings is 2. The van der Waals surface area contributed by atoms with Crippen molar-refractivity contribution in [2.75, 3.05) is 11.1 Å². The second-order valence-corrected chi connectivity index (χ2v) is 11.0. The van der Waals surface area contributed by atoms with Crippen LogP contribution in [0, 0.1) is 0 Å². The van der Waals surface area contributed by atoms with Gasteiger partial charge in [-0.25, -0.2) is 15.0 Å². The number of rotatable bonds is 5. The Bertz CT molecular complexity index is 1530. The van der Waals surface area contributed by atoms with Crippen molar-refractivity contribution in [2.24, 2.45) is 0 Å². The van der Waals surface area contributed by atoms with E-state index in [-0.39, 0.29) is 11.7 Å². The molecule has 168 valence electrons. The van der Waals surface area contributed by atoms with Crippen molar-refractivity contribution in [1.82, 2.24) is 15.0 Å². The number of aryl methyl sites for hydroxylation is 1. The van der Waals surface area contributed by atoms with Crippen LogP contribution in [0.2, 0.25) is 0 Å². The van der Waals surface area contributed by atoms with Crippen LogP contribution < -0.4 is 5.32 Å². The Labute approximate surface area is 213 Å². The molecule has 0 unspecified atom stereocenters. The predicted octanol–water partition coefficient (Wildman–Crippen LogP) is 6.89. The van der Waals surface area contributed by atoms with Crippen molar-refractivity contribution in [3.63, 3.8) is 0 Å². The molecule has 5 aromatic rings. The lowest BCUT2D eigenvalue weighted by Gasteiger charge is -2.09. The van der Waals surface area contributed by atoms with E-state index in [2.05, 4.69) is 55.5 Å². The zero-order chi connectivity index (χ0) is 23.1. The molecular weight excluding hydrogens is 528 g/mol. The fraction of sp³-hybridized carbons (Fsp3) is 0.154. The molecule has 1 aliphatic carbocycles. The summed E-state index contributed by atoms with van der Waals surface area (Å²) in [6.45, 7) is 0. The van der Waals surface area contributed by atoms with Gasteiger partial charge < -0.3 is 5.32 Å². The molecular formula is C26H19BrN4OS2. The lowest BCUT2D eigenvalue weighted by molar-refractivity contribution is -0.113. The summed E-state index contributed by atoms with van der Waals surface area (Å²) in [6.07, 6.45) is 4.83. The number of nitrogens with one attached hydrogen (secondary N) is 1. The summed E-state index contributed by atoms with van der Waals surface area (Å²) >= 11 is 6.48. The topological polar surface area (TPSA) is 67.8 Å². The molecule has 34 heavy (non-hydrogen) atoms. The number of aromatic nitrogens is 3. The van der Waals surface area contributed by atoms with Gasteiger partial charge in [-0.15, -0.1) is 11.3 Å². The van der Waals surface area contributed by atoms with Gasteiger partial charge in [-0.1, -0.05) is 58.0 Å². The van der Waals surface area contributed by atoms with Crippen molar-refractivity contribution in [1.29, 1.82) is 0 Å². The quantitative estimate of drug-likeness (QED) is 0.192. The van der Waals surface area contributed by atoms with Gasteiger partial charge in [-0.05, 0) is 54.7 Å². The summed E-state index contributed by atoms with van der Waals surface area (Å²) in [4.78, 5) is 27.8. The Balaban J connectivity index is 1.35. The zero-order valence-corrected chi connectivity index (χ0v) is 21.3. The largest absolute Gasteiger partial charge is 0.325 e. The van der Waals surface area contributed by atoms with E-state index in [1.54, 1.807) is 17.7 Å². The van der Waals surface area contributed by atoms with Gasteiger partial charge in [0, 0.05) is 21.1 Å². The highest BCUT2D eigenvalue weighted by atomic mass is 79.9. The monoisotopic (exact) mass is 546 g/mol. The number of halogens is 1. The Kier molecular flexibility index (Phi) is 5.80.